The molecule has 1 aliphatic rings. The van der Waals surface area contributed by atoms with Crippen LogP contribution in [-0.2, 0) is 0 Å². The van der Waals surface area contributed by atoms with E-state index in [1.54, 1.807) is 0 Å². The highest BCUT2D eigenvalue weighted by atomic mass is 14.8. The van der Waals surface area contributed by atoms with Gasteiger partial charge in [0.1, 0.15) is 0 Å². The maximum absolute atomic E-state index is 4.24. The maximum atomic E-state index is 4.24. The summed E-state index contributed by atoms with van der Waals surface area (Å²) in [5, 5.41) is 5.96. The van der Waals surface area contributed by atoms with Crippen LogP contribution in [0, 0.1) is 12.8 Å². The zero-order valence-electron chi connectivity index (χ0n) is 15.0. The van der Waals surface area contributed by atoms with E-state index in [2.05, 4.69) is 81.2 Å². The summed E-state index contributed by atoms with van der Waals surface area (Å²) in [6.45, 7) is 11.6. The van der Waals surface area contributed by atoms with Crippen LogP contribution in [-0.4, -0.2) is 6.54 Å². The van der Waals surface area contributed by atoms with Crippen molar-refractivity contribution < 1.29 is 0 Å². The van der Waals surface area contributed by atoms with Crippen molar-refractivity contribution in [3.63, 3.8) is 0 Å². The van der Waals surface area contributed by atoms with Crippen LogP contribution in [0.1, 0.15) is 32.3 Å². The molecule has 0 radical (unpaired) electrons. The van der Waals surface area contributed by atoms with E-state index in [0.717, 1.165) is 6.54 Å². The molecular formula is C23H27N. The minimum Gasteiger partial charge on any atom is -0.385 e. The molecule has 0 spiro atoms. The molecule has 0 bridgehead atoms. The highest BCUT2D eigenvalue weighted by molar-refractivity contribution is 5.72. The van der Waals surface area contributed by atoms with Gasteiger partial charge in [0, 0.05) is 12.2 Å². The van der Waals surface area contributed by atoms with Crippen LogP contribution < -0.4 is 15.8 Å². The van der Waals surface area contributed by atoms with Crippen molar-refractivity contribution in [3.05, 3.63) is 64.6 Å². The Morgan fingerprint density at radius 3 is 2.62 bits per heavy atom. The van der Waals surface area contributed by atoms with Crippen LogP contribution in [0.25, 0.3) is 23.3 Å². The van der Waals surface area contributed by atoms with Gasteiger partial charge in [-0.2, -0.15) is 0 Å². The molecule has 1 aliphatic carbocycles. The topological polar surface area (TPSA) is 12.0 Å². The molecule has 124 valence electrons. The number of hydrogen-bond acceptors (Lipinski definition) is 1. The van der Waals surface area contributed by atoms with E-state index in [9.17, 15) is 0 Å². The van der Waals surface area contributed by atoms with E-state index >= 15 is 0 Å². The second kappa shape index (κ2) is 7.09. The third-order valence-electron chi connectivity index (χ3n) is 4.77. The van der Waals surface area contributed by atoms with Crippen molar-refractivity contribution in [3.8, 4) is 11.1 Å². The van der Waals surface area contributed by atoms with Crippen molar-refractivity contribution in [2.45, 2.75) is 33.6 Å². The van der Waals surface area contributed by atoms with Gasteiger partial charge in [-0.1, -0.05) is 42.5 Å². The van der Waals surface area contributed by atoms with Gasteiger partial charge in [0.15, 0.2) is 0 Å². The van der Waals surface area contributed by atoms with E-state index in [0.29, 0.717) is 5.92 Å². The molecule has 2 aromatic carbocycles. The predicted octanol–water partition coefficient (Wildman–Crippen LogP) is 4.64. The smallest absolute Gasteiger partial charge is 0.0346 e. The maximum Gasteiger partial charge on any atom is 0.0346 e. The number of rotatable bonds is 5. The van der Waals surface area contributed by atoms with Crippen molar-refractivity contribution >= 4 is 17.8 Å². The molecule has 1 fully saturated rings. The molecule has 3 rings (SSSR count). The largest absolute Gasteiger partial charge is 0.385 e. The van der Waals surface area contributed by atoms with Crippen molar-refractivity contribution in [1.29, 1.82) is 0 Å². The van der Waals surface area contributed by atoms with Crippen LogP contribution in [0.4, 0.5) is 5.69 Å². The SMILES string of the molecule is C=C(/C=c1/ccc(-c2cc(NCC)ccc2C)c/c1=C/C)C1CC1. The van der Waals surface area contributed by atoms with Gasteiger partial charge in [-0.3, -0.25) is 0 Å². The molecular weight excluding hydrogens is 290 g/mol. The average molecular weight is 317 g/mol. The first-order valence-electron chi connectivity index (χ1n) is 8.94. The summed E-state index contributed by atoms with van der Waals surface area (Å²) in [7, 11) is 0. The summed E-state index contributed by atoms with van der Waals surface area (Å²) in [6, 6.07) is 13.4. The van der Waals surface area contributed by atoms with Gasteiger partial charge in [-0.05, 0) is 84.9 Å². The Hall–Kier alpha value is -2.28. The summed E-state index contributed by atoms with van der Waals surface area (Å²) in [5.74, 6) is 0.716. The molecule has 1 nitrogen and oxygen atoms in total. The highest BCUT2D eigenvalue weighted by Gasteiger charge is 2.22. The number of hydrogen-bond donors (Lipinski definition) is 1. The number of anilines is 1. The number of allylic oxidation sites excluding steroid dienone is 1. The van der Waals surface area contributed by atoms with Crippen LogP contribution in [0.15, 0.2) is 48.6 Å². The predicted molar refractivity (Wildman–Crippen MR) is 106 cm³/mol. The van der Waals surface area contributed by atoms with Gasteiger partial charge in [-0.15, -0.1) is 0 Å². The summed E-state index contributed by atoms with van der Waals surface area (Å²) < 4.78 is 0. The molecule has 0 aliphatic heterocycles. The fraction of sp³-hybridized carbons (Fsp3) is 0.304. The van der Waals surface area contributed by atoms with Gasteiger partial charge in [-0.25, -0.2) is 0 Å². The lowest BCUT2D eigenvalue weighted by Crippen LogP contribution is -2.24. The number of benzene rings is 2. The summed E-state index contributed by atoms with van der Waals surface area (Å²) in [6.07, 6.45) is 7.06. The van der Waals surface area contributed by atoms with Gasteiger partial charge < -0.3 is 5.32 Å². The zero-order valence-corrected chi connectivity index (χ0v) is 15.0. The first kappa shape index (κ1) is 16.6. The Morgan fingerprint density at radius 2 is 1.96 bits per heavy atom. The summed E-state index contributed by atoms with van der Waals surface area (Å²) >= 11 is 0. The van der Waals surface area contributed by atoms with E-state index < -0.39 is 0 Å². The Kier molecular flexibility index (Phi) is 4.89. The molecule has 0 aromatic heterocycles. The Balaban J connectivity index is 2.04. The second-order valence-corrected chi connectivity index (χ2v) is 6.69. The average Bonchev–Trinajstić information content (AvgIpc) is 3.42. The Labute approximate surface area is 145 Å². The Morgan fingerprint density at radius 1 is 1.17 bits per heavy atom. The van der Waals surface area contributed by atoms with E-state index in [1.807, 2.05) is 0 Å². The first-order valence-corrected chi connectivity index (χ1v) is 8.94. The molecule has 0 amide bonds. The lowest BCUT2D eigenvalue weighted by Gasteiger charge is -2.10. The quantitative estimate of drug-likeness (QED) is 0.847. The van der Waals surface area contributed by atoms with E-state index in [-0.39, 0.29) is 0 Å². The van der Waals surface area contributed by atoms with Gasteiger partial charge in [0.05, 0.1) is 0 Å². The second-order valence-electron chi connectivity index (χ2n) is 6.69. The normalized spacial score (nSPS) is 15.6. The van der Waals surface area contributed by atoms with Crippen LogP contribution in [0.3, 0.4) is 0 Å². The third kappa shape index (κ3) is 3.62. The fourth-order valence-electron chi connectivity index (χ4n) is 3.14. The van der Waals surface area contributed by atoms with Gasteiger partial charge in [0.2, 0.25) is 0 Å². The lowest BCUT2D eigenvalue weighted by molar-refractivity contribution is 1.08. The molecule has 24 heavy (non-hydrogen) atoms. The number of nitrogens with one attached hydrogen (secondary N) is 1. The van der Waals surface area contributed by atoms with E-state index in [4.69, 9.17) is 0 Å². The van der Waals surface area contributed by atoms with Crippen LogP contribution in [0.5, 0.6) is 0 Å². The molecule has 0 saturated heterocycles. The third-order valence-corrected chi connectivity index (χ3v) is 4.77. The molecule has 1 saturated carbocycles. The van der Waals surface area contributed by atoms with Crippen molar-refractivity contribution in [2.75, 3.05) is 11.9 Å². The molecule has 1 heteroatoms. The van der Waals surface area contributed by atoms with E-state index in [1.165, 1.54) is 51.2 Å². The fourth-order valence-corrected chi connectivity index (χ4v) is 3.14. The first-order chi connectivity index (χ1) is 11.6. The summed E-state index contributed by atoms with van der Waals surface area (Å²) in [5.41, 5.74) is 6.32. The number of aryl methyl sites for hydroxylation is 1. The van der Waals surface area contributed by atoms with Crippen LogP contribution >= 0.6 is 0 Å². The van der Waals surface area contributed by atoms with Crippen LogP contribution in [0.2, 0.25) is 0 Å². The van der Waals surface area contributed by atoms with Crippen molar-refractivity contribution in [2.24, 2.45) is 5.92 Å². The molecule has 0 unspecified atom stereocenters. The lowest BCUT2D eigenvalue weighted by atomic mass is 9.98. The van der Waals surface area contributed by atoms with Crippen molar-refractivity contribution in [1.82, 2.24) is 0 Å². The zero-order chi connectivity index (χ0) is 17.1. The Bertz CT molecular complexity index is 869. The minimum absolute atomic E-state index is 0.716. The monoisotopic (exact) mass is 317 g/mol. The molecule has 0 atom stereocenters. The standard InChI is InChI=1S/C23H27N/c1-5-18-14-21(11-10-20(18)13-17(4)19-8-9-19)23-15-22(24-6-2)12-7-16(23)3/h5,7,10-15,19,24H,4,6,8-9H2,1-3H3/b18-5-,20-13-. The van der Waals surface area contributed by atoms with Gasteiger partial charge >= 0.3 is 0 Å². The molecule has 1 N–H and O–H groups in total. The minimum atomic E-state index is 0.716. The molecule has 0 heterocycles. The van der Waals surface area contributed by atoms with Gasteiger partial charge in [0.25, 0.3) is 0 Å². The highest BCUT2D eigenvalue weighted by Crippen LogP contribution is 2.36. The summed E-state index contributed by atoms with van der Waals surface area (Å²) in [4.78, 5) is 0. The molecule has 2 aromatic rings.